The summed E-state index contributed by atoms with van der Waals surface area (Å²) in [6.07, 6.45) is 0.951. The first-order valence-corrected chi connectivity index (χ1v) is 4.71. The molecule has 0 radical (unpaired) electrons. The molecule has 4 nitrogen and oxygen atoms in total. The molecule has 0 aromatic rings. The molecule has 1 N–H and O–H groups in total. The number of ether oxygens (including phenoxy) is 3. The van der Waals surface area contributed by atoms with Crippen molar-refractivity contribution in [2.75, 3.05) is 53.7 Å². The lowest BCUT2D eigenvalue weighted by atomic mass is 10.5. The maximum Gasteiger partial charge on any atom is 0.0701 e. The normalized spacial score (nSPS) is 10.6. The number of rotatable bonds is 10. The second-order valence-electron chi connectivity index (χ2n) is 2.67. The summed E-state index contributed by atoms with van der Waals surface area (Å²) in [5.41, 5.74) is 0. The fourth-order valence-corrected chi connectivity index (χ4v) is 0.802. The Morgan fingerprint density at radius 1 is 0.923 bits per heavy atom. The van der Waals surface area contributed by atoms with Gasteiger partial charge in [0.25, 0.3) is 0 Å². The van der Waals surface area contributed by atoms with Crippen LogP contribution >= 0.6 is 0 Å². The Morgan fingerprint density at radius 3 is 2.23 bits per heavy atom. The lowest BCUT2D eigenvalue weighted by Gasteiger charge is -2.04. The van der Waals surface area contributed by atoms with Gasteiger partial charge >= 0.3 is 0 Å². The second-order valence-corrected chi connectivity index (χ2v) is 2.67. The molecule has 80 valence electrons. The van der Waals surface area contributed by atoms with Crippen molar-refractivity contribution in [2.24, 2.45) is 0 Å². The van der Waals surface area contributed by atoms with Crippen LogP contribution in [-0.4, -0.2) is 53.7 Å². The Bertz CT molecular complexity index is 80.9. The predicted molar refractivity (Wildman–Crippen MR) is 52.1 cm³/mol. The van der Waals surface area contributed by atoms with Crippen LogP contribution in [0.25, 0.3) is 0 Å². The summed E-state index contributed by atoms with van der Waals surface area (Å²) in [6.45, 7) is 4.51. The van der Waals surface area contributed by atoms with E-state index >= 15 is 0 Å². The van der Waals surface area contributed by atoms with Crippen LogP contribution in [0.4, 0.5) is 0 Å². The molecule has 0 bridgehead atoms. The number of hydrogen-bond acceptors (Lipinski definition) is 4. The van der Waals surface area contributed by atoms with E-state index < -0.39 is 0 Å². The molecule has 0 rings (SSSR count). The van der Waals surface area contributed by atoms with E-state index in [9.17, 15) is 0 Å². The molecule has 13 heavy (non-hydrogen) atoms. The molecule has 0 atom stereocenters. The minimum Gasteiger partial charge on any atom is -0.385 e. The summed E-state index contributed by atoms with van der Waals surface area (Å²) in [4.78, 5) is 0. The van der Waals surface area contributed by atoms with Crippen LogP contribution in [0.3, 0.4) is 0 Å². The molecular weight excluding hydrogens is 170 g/mol. The Hall–Kier alpha value is -0.160. The Labute approximate surface area is 80.5 Å². The van der Waals surface area contributed by atoms with E-state index in [1.165, 1.54) is 0 Å². The standard InChI is InChI=1S/C9H21NO3/c1-10-4-7-13-9-8-12-6-3-5-11-2/h10H,3-9H2,1-2H3. The quantitative estimate of drug-likeness (QED) is 0.503. The first kappa shape index (κ1) is 12.8. The topological polar surface area (TPSA) is 39.7 Å². The number of likely N-dealkylation sites (N-methyl/N-ethyl adjacent to an activating group) is 1. The Kier molecular flexibility index (Phi) is 11.7. The average Bonchev–Trinajstić information content (AvgIpc) is 2.16. The predicted octanol–water partition coefficient (Wildman–Crippen LogP) is 0.275. The van der Waals surface area contributed by atoms with Crippen molar-refractivity contribution < 1.29 is 14.2 Å². The number of nitrogens with one attached hydrogen (secondary N) is 1. The first-order chi connectivity index (χ1) is 6.41. The minimum atomic E-state index is 0.674. The van der Waals surface area contributed by atoms with Gasteiger partial charge in [0.1, 0.15) is 0 Å². The van der Waals surface area contributed by atoms with Gasteiger partial charge in [-0.2, -0.15) is 0 Å². The summed E-state index contributed by atoms with van der Waals surface area (Å²) in [5, 5.41) is 3.00. The van der Waals surface area contributed by atoms with Crippen LogP contribution in [0.2, 0.25) is 0 Å². The zero-order valence-corrected chi connectivity index (χ0v) is 8.67. The monoisotopic (exact) mass is 191 g/mol. The van der Waals surface area contributed by atoms with E-state index in [1.807, 2.05) is 7.05 Å². The molecule has 0 aromatic heterocycles. The van der Waals surface area contributed by atoms with Gasteiger partial charge in [0, 0.05) is 26.9 Å². The third-order valence-electron chi connectivity index (χ3n) is 1.51. The van der Waals surface area contributed by atoms with Crippen LogP contribution < -0.4 is 5.32 Å². The molecule has 0 aliphatic rings. The van der Waals surface area contributed by atoms with E-state index in [0.29, 0.717) is 13.2 Å². The Balaban J connectivity index is 2.76. The fourth-order valence-electron chi connectivity index (χ4n) is 0.802. The molecule has 0 spiro atoms. The van der Waals surface area contributed by atoms with Gasteiger partial charge in [-0.3, -0.25) is 0 Å². The van der Waals surface area contributed by atoms with Gasteiger partial charge in [-0.15, -0.1) is 0 Å². The van der Waals surface area contributed by atoms with Crippen molar-refractivity contribution in [3.8, 4) is 0 Å². The van der Waals surface area contributed by atoms with E-state index in [1.54, 1.807) is 7.11 Å². The summed E-state index contributed by atoms with van der Waals surface area (Å²) in [5.74, 6) is 0. The third-order valence-corrected chi connectivity index (χ3v) is 1.51. The lowest BCUT2D eigenvalue weighted by molar-refractivity contribution is 0.0412. The van der Waals surface area contributed by atoms with E-state index in [0.717, 1.165) is 32.8 Å². The lowest BCUT2D eigenvalue weighted by Crippen LogP contribution is -2.16. The maximum absolute atomic E-state index is 5.29. The van der Waals surface area contributed by atoms with E-state index in [-0.39, 0.29) is 0 Å². The van der Waals surface area contributed by atoms with Crippen molar-refractivity contribution in [2.45, 2.75) is 6.42 Å². The molecule has 0 aromatic carbocycles. The summed E-state index contributed by atoms with van der Waals surface area (Å²) >= 11 is 0. The third kappa shape index (κ3) is 11.8. The minimum absolute atomic E-state index is 0.674. The molecule has 0 amide bonds. The first-order valence-electron chi connectivity index (χ1n) is 4.71. The van der Waals surface area contributed by atoms with Crippen LogP contribution in [0.5, 0.6) is 0 Å². The van der Waals surface area contributed by atoms with Crippen molar-refractivity contribution in [3.05, 3.63) is 0 Å². The Morgan fingerprint density at radius 2 is 1.62 bits per heavy atom. The molecule has 0 aliphatic heterocycles. The van der Waals surface area contributed by atoms with Gasteiger partial charge in [-0.05, 0) is 13.5 Å². The van der Waals surface area contributed by atoms with Gasteiger partial charge in [-0.25, -0.2) is 0 Å². The summed E-state index contributed by atoms with van der Waals surface area (Å²) in [7, 11) is 3.60. The van der Waals surface area contributed by atoms with Crippen molar-refractivity contribution in [1.82, 2.24) is 5.32 Å². The fraction of sp³-hybridized carbons (Fsp3) is 1.00. The second kappa shape index (κ2) is 11.8. The van der Waals surface area contributed by atoms with Crippen LogP contribution in [0.1, 0.15) is 6.42 Å². The SMILES string of the molecule is CNCCOCCOCCCOC. The van der Waals surface area contributed by atoms with Crippen molar-refractivity contribution >= 4 is 0 Å². The van der Waals surface area contributed by atoms with Gasteiger partial charge in [0.05, 0.1) is 19.8 Å². The molecular formula is C9H21NO3. The molecule has 0 saturated heterocycles. The van der Waals surface area contributed by atoms with Crippen LogP contribution in [0, 0.1) is 0 Å². The van der Waals surface area contributed by atoms with Crippen LogP contribution in [-0.2, 0) is 14.2 Å². The maximum atomic E-state index is 5.29. The number of hydrogen-bond donors (Lipinski definition) is 1. The number of methoxy groups -OCH3 is 1. The summed E-state index contributed by atoms with van der Waals surface area (Å²) in [6, 6.07) is 0. The highest BCUT2D eigenvalue weighted by Gasteiger charge is 1.89. The molecule has 0 unspecified atom stereocenters. The molecule has 0 fully saturated rings. The highest BCUT2D eigenvalue weighted by molar-refractivity contribution is 4.37. The van der Waals surface area contributed by atoms with E-state index in [4.69, 9.17) is 14.2 Å². The molecule has 0 saturated carbocycles. The molecule has 0 aliphatic carbocycles. The van der Waals surface area contributed by atoms with Gasteiger partial charge in [0.2, 0.25) is 0 Å². The van der Waals surface area contributed by atoms with Gasteiger partial charge < -0.3 is 19.5 Å². The average molecular weight is 191 g/mol. The molecule has 4 heteroatoms. The zero-order valence-electron chi connectivity index (χ0n) is 8.67. The zero-order chi connectivity index (χ0) is 9.78. The van der Waals surface area contributed by atoms with Gasteiger partial charge in [0.15, 0.2) is 0 Å². The van der Waals surface area contributed by atoms with Crippen LogP contribution in [0.15, 0.2) is 0 Å². The smallest absolute Gasteiger partial charge is 0.0701 e. The largest absolute Gasteiger partial charge is 0.385 e. The van der Waals surface area contributed by atoms with Gasteiger partial charge in [-0.1, -0.05) is 0 Å². The van der Waals surface area contributed by atoms with E-state index in [2.05, 4.69) is 5.32 Å². The summed E-state index contributed by atoms with van der Waals surface area (Å²) < 4.78 is 15.4. The van der Waals surface area contributed by atoms with Crippen molar-refractivity contribution in [1.29, 1.82) is 0 Å². The molecule has 0 heterocycles. The highest BCUT2D eigenvalue weighted by atomic mass is 16.5. The van der Waals surface area contributed by atoms with Crippen molar-refractivity contribution in [3.63, 3.8) is 0 Å². The highest BCUT2D eigenvalue weighted by Crippen LogP contribution is 1.84.